The summed E-state index contributed by atoms with van der Waals surface area (Å²) in [5, 5.41) is 6.65. The first-order chi connectivity index (χ1) is 9.30. The summed E-state index contributed by atoms with van der Waals surface area (Å²) in [5.74, 6) is 0.558. The number of rotatable bonds is 2. The van der Waals surface area contributed by atoms with Crippen LogP contribution in [0.3, 0.4) is 0 Å². The number of likely N-dealkylation sites (tertiary alicyclic amines) is 1. The smallest absolute Gasteiger partial charge is 0.317 e. The third kappa shape index (κ3) is 2.72. The Morgan fingerprint density at radius 2 is 2.05 bits per heavy atom. The molecule has 2 amide bonds. The lowest BCUT2D eigenvalue weighted by molar-refractivity contribution is 0.00316. The van der Waals surface area contributed by atoms with Gasteiger partial charge in [-0.15, -0.1) is 0 Å². The van der Waals surface area contributed by atoms with Crippen molar-refractivity contribution in [2.75, 3.05) is 45.9 Å². The SMILES string of the molecule is O=C(NC[C@H]1CNCC12CCOCC2)N1CCCC1. The predicted octanol–water partition coefficient (Wildman–Crippen LogP) is 0.808. The van der Waals surface area contributed by atoms with Gasteiger partial charge >= 0.3 is 6.03 Å². The Morgan fingerprint density at radius 3 is 2.79 bits per heavy atom. The van der Waals surface area contributed by atoms with E-state index < -0.39 is 0 Å². The molecule has 1 atom stereocenters. The monoisotopic (exact) mass is 267 g/mol. The quantitative estimate of drug-likeness (QED) is 0.778. The molecule has 3 fully saturated rings. The fourth-order valence-electron chi connectivity index (χ4n) is 3.75. The largest absolute Gasteiger partial charge is 0.381 e. The zero-order valence-electron chi connectivity index (χ0n) is 11.6. The van der Waals surface area contributed by atoms with Crippen molar-refractivity contribution in [3.63, 3.8) is 0 Å². The molecule has 3 heterocycles. The van der Waals surface area contributed by atoms with E-state index >= 15 is 0 Å². The first-order valence-electron chi connectivity index (χ1n) is 7.61. The highest BCUT2D eigenvalue weighted by atomic mass is 16.5. The van der Waals surface area contributed by atoms with E-state index in [-0.39, 0.29) is 6.03 Å². The van der Waals surface area contributed by atoms with Crippen molar-refractivity contribution in [2.45, 2.75) is 25.7 Å². The van der Waals surface area contributed by atoms with E-state index in [2.05, 4.69) is 10.6 Å². The second kappa shape index (κ2) is 5.67. The van der Waals surface area contributed by atoms with Crippen molar-refractivity contribution in [1.29, 1.82) is 0 Å². The topological polar surface area (TPSA) is 53.6 Å². The van der Waals surface area contributed by atoms with Gasteiger partial charge in [0, 0.05) is 45.9 Å². The van der Waals surface area contributed by atoms with E-state index in [0.717, 1.165) is 71.6 Å². The van der Waals surface area contributed by atoms with Crippen LogP contribution in [0.25, 0.3) is 0 Å². The molecule has 0 aromatic heterocycles. The maximum Gasteiger partial charge on any atom is 0.317 e. The zero-order valence-corrected chi connectivity index (χ0v) is 11.6. The molecule has 3 aliphatic heterocycles. The van der Waals surface area contributed by atoms with Gasteiger partial charge in [-0.2, -0.15) is 0 Å². The van der Waals surface area contributed by atoms with Crippen molar-refractivity contribution >= 4 is 6.03 Å². The Kier molecular flexibility index (Phi) is 3.93. The summed E-state index contributed by atoms with van der Waals surface area (Å²) in [4.78, 5) is 14.0. The summed E-state index contributed by atoms with van der Waals surface area (Å²) in [6, 6.07) is 0.131. The Balaban J connectivity index is 1.52. The summed E-state index contributed by atoms with van der Waals surface area (Å²) >= 11 is 0. The standard InChI is InChI=1S/C14H25N3O2/c18-13(17-5-1-2-6-17)16-10-12-9-15-11-14(12)3-7-19-8-4-14/h12,15H,1-11H2,(H,16,18)/t12-/m1/s1. The van der Waals surface area contributed by atoms with Crippen molar-refractivity contribution in [3.8, 4) is 0 Å². The number of carbonyl (C=O) groups is 1. The third-order valence-corrected chi connectivity index (χ3v) is 5.12. The van der Waals surface area contributed by atoms with Crippen molar-refractivity contribution < 1.29 is 9.53 Å². The lowest BCUT2D eigenvalue weighted by Gasteiger charge is -2.38. The fourth-order valence-corrected chi connectivity index (χ4v) is 3.75. The summed E-state index contributed by atoms with van der Waals surface area (Å²) in [7, 11) is 0. The first-order valence-corrected chi connectivity index (χ1v) is 7.61. The zero-order chi connectivity index (χ0) is 13.1. The Hall–Kier alpha value is -0.810. The maximum atomic E-state index is 12.0. The second-order valence-electron chi connectivity index (χ2n) is 6.18. The van der Waals surface area contributed by atoms with Gasteiger partial charge in [0.1, 0.15) is 0 Å². The molecule has 2 N–H and O–H groups in total. The number of carbonyl (C=O) groups excluding carboxylic acids is 1. The minimum absolute atomic E-state index is 0.131. The number of nitrogens with zero attached hydrogens (tertiary/aromatic N) is 1. The lowest BCUT2D eigenvalue weighted by Crippen LogP contribution is -2.45. The van der Waals surface area contributed by atoms with Gasteiger partial charge in [-0.05, 0) is 37.0 Å². The van der Waals surface area contributed by atoms with Crippen LogP contribution in [0, 0.1) is 11.3 Å². The third-order valence-electron chi connectivity index (χ3n) is 5.12. The highest BCUT2D eigenvalue weighted by Crippen LogP contribution is 2.40. The Bertz CT molecular complexity index is 323. The molecule has 0 aromatic carbocycles. The summed E-state index contributed by atoms with van der Waals surface area (Å²) in [5.41, 5.74) is 0.358. The number of urea groups is 1. The van der Waals surface area contributed by atoms with E-state index in [1.165, 1.54) is 0 Å². The van der Waals surface area contributed by atoms with Gasteiger partial charge in [-0.1, -0.05) is 0 Å². The molecule has 1 spiro atoms. The van der Waals surface area contributed by atoms with Crippen LogP contribution in [0.5, 0.6) is 0 Å². The van der Waals surface area contributed by atoms with Crippen LogP contribution < -0.4 is 10.6 Å². The molecule has 5 nitrogen and oxygen atoms in total. The second-order valence-corrected chi connectivity index (χ2v) is 6.18. The van der Waals surface area contributed by atoms with Gasteiger partial charge in [-0.3, -0.25) is 0 Å². The minimum atomic E-state index is 0.131. The molecule has 0 aromatic rings. The Morgan fingerprint density at radius 1 is 1.32 bits per heavy atom. The van der Waals surface area contributed by atoms with Gasteiger partial charge in [-0.25, -0.2) is 4.79 Å². The number of hydrogen-bond acceptors (Lipinski definition) is 3. The normalized spacial score (nSPS) is 29.9. The fraction of sp³-hybridized carbons (Fsp3) is 0.929. The van der Waals surface area contributed by atoms with Gasteiger partial charge in [0.05, 0.1) is 0 Å². The summed E-state index contributed by atoms with van der Waals surface area (Å²) in [6.07, 6.45) is 4.56. The number of amides is 2. The van der Waals surface area contributed by atoms with Crippen molar-refractivity contribution in [2.24, 2.45) is 11.3 Å². The van der Waals surface area contributed by atoms with Crippen LogP contribution in [0.1, 0.15) is 25.7 Å². The van der Waals surface area contributed by atoms with E-state index in [4.69, 9.17) is 4.74 Å². The Labute approximate surface area is 115 Å². The average Bonchev–Trinajstić information content (AvgIpc) is 3.08. The first kappa shape index (κ1) is 13.2. The number of ether oxygens (including phenoxy) is 1. The molecule has 0 aliphatic carbocycles. The molecule has 0 radical (unpaired) electrons. The van der Waals surface area contributed by atoms with Crippen LogP contribution in [0.15, 0.2) is 0 Å². The van der Waals surface area contributed by atoms with Gasteiger partial charge < -0.3 is 20.3 Å². The molecule has 0 unspecified atom stereocenters. The van der Waals surface area contributed by atoms with E-state index in [9.17, 15) is 4.79 Å². The highest BCUT2D eigenvalue weighted by molar-refractivity contribution is 5.74. The van der Waals surface area contributed by atoms with Crippen LogP contribution in [0.2, 0.25) is 0 Å². The molecule has 108 valence electrons. The average molecular weight is 267 g/mol. The van der Waals surface area contributed by atoms with Crippen LogP contribution in [-0.2, 0) is 4.74 Å². The number of nitrogens with one attached hydrogen (secondary N) is 2. The molecular weight excluding hydrogens is 242 g/mol. The van der Waals surface area contributed by atoms with Crippen molar-refractivity contribution in [3.05, 3.63) is 0 Å². The predicted molar refractivity (Wildman–Crippen MR) is 73.1 cm³/mol. The van der Waals surface area contributed by atoms with E-state index in [1.807, 2.05) is 4.90 Å². The van der Waals surface area contributed by atoms with Gasteiger partial charge in [0.2, 0.25) is 0 Å². The van der Waals surface area contributed by atoms with Crippen LogP contribution in [0.4, 0.5) is 4.79 Å². The molecular formula is C14H25N3O2. The van der Waals surface area contributed by atoms with Crippen molar-refractivity contribution in [1.82, 2.24) is 15.5 Å². The summed E-state index contributed by atoms with van der Waals surface area (Å²) in [6.45, 7) is 6.52. The van der Waals surface area contributed by atoms with E-state index in [0.29, 0.717) is 11.3 Å². The highest BCUT2D eigenvalue weighted by Gasteiger charge is 2.43. The number of hydrogen-bond donors (Lipinski definition) is 2. The van der Waals surface area contributed by atoms with Crippen LogP contribution in [-0.4, -0.2) is 56.9 Å². The maximum absolute atomic E-state index is 12.0. The molecule has 0 saturated carbocycles. The molecule has 19 heavy (non-hydrogen) atoms. The minimum Gasteiger partial charge on any atom is -0.381 e. The van der Waals surface area contributed by atoms with Gasteiger partial charge in [0.25, 0.3) is 0 Å². The molecule has 3 aliphatic rings. The molecule has 5 heteroatoms. The van der Waals surface area contributed by atoms with Crippen LogP contribution >= 0.6 is 0 Å². The lowest BCUT2D eigenvalue weighted by atomic mass is 9.72. The molecule has 3 rings (SSSR count). The van der Waals surface area contributed by atoms with E-state index in [1.54, 1.807) is 0 Å². The molecule has 0 bridgehead atoms. The van der Waals surface area contributed by atoms with Gasteiger partial charge in [0.15, 0.2) is 0 Å². The molecule has 3 saturated heterocycles. The summed E-state index contributed by atoms with van der Waals surface area (Å²) < 4.78 is 5.49.